The summed E-state index contributed by atoms with van der Waals surface area (Å²) >= 11 is 7.40. The van der Waals surface area contributed by atoms with Crippen LogP contribution in [0.2, 0.25) is 5.02 Å². The van der Waals surface area contributed by atoms with Gasteiger partial charge in [0.25, 0.3) is 0 Å². The molecule has 7 nitrogen and oxygen atoms in total. The van der Waals surface area contributed by atoms with Crippen LogP contribution in [0.15, 0.2) is 59.9 Å². The van der Waals surface area contributed by atoms with Crippen molar-refractivity contribution in [1.82, 2.24) is 25.0 Å². The minimum absolute atomic E-state index is 0.154. The van der Waals surface area contributed by atoms with Gasteiger partial charge in [0.2, 0.25) is 5.91 Å². The first kappa shape index (κ1) is 19.4. The fourth-order valence-electron chi connectivity index (χ4n) is 2.74. The van der Waals surface area contributed by atoms with Gasteiger partial charge < -0.3 is 5.32 Å². The highest BCUT2D eigenvalue weighted by Crippen LogP contribution is 2.24. The third-order valence-corrected chi connectivity index (χ3v) is 5.62. The monoisotopic (exact) mass is 424 g/mol. The summed E-state index contributed by atoms with van der Waals surface area (Å²) in [6, 6.07) is 15.4. The molecule has 0 radical (unpaired) electrons. The number of halogens is 1. The standard InChI is InChI=1S/C20H17ClN6OS/c1-13-7-8-15(9-16(13)21)24-17(28)11-29-20-18-19(22-12-23-20)27(26-25-18)10-14-5-3-2-4-6-14/h2-9,12H,10-11H2,1H3,(H,24,28). The highest BCUT2D eigenvalue weighted by atomic mass is 35.5. The van der Waals surface area contributed by atoms with Crippen LogP contribution in [0.1, 0.15) is 11.1 Å². The van der Waals surface area contributed by atoms with Crippen LogP contribution in [-0.2, 0) is 11.3 Å². The van der Waals surface area contributed by atoms with Crippen molar-refractivity contribution in [2.24, 2.45) is 0 Å². The Kier molecular flexibility index (Phi) is 5.73. The maximum absolute atomic E-state index is 12.3. The van der Waals surface area contributed by atoms with Crippen LogP contribution in [0.5, 0.6) is 0 Å². The summed E-state index contributed by atoms with van der Waals surface area (Å²) < 4.78 is 1.73. The summed E-state index contributed by atoms with van der Waals surface area (Å²) in [7, 11) is 0. The lowest BCUT2D eigenvalue weighted by Gasteiger charge is -2.07. The van der Waals surface area contributed by atoms with Gasteiger partial charge in [0, 0.05) is 10.7 Å². The number of aryl methyl sites for hydroxylation is 1. The summed E-state index contributed by atoms with van der Waals surface area (Å²) in [6.45, 7) is 2.47. The van der Waals surface area contributed by atoms with E-state index in [4.69, 9.17) is 11.6 Å². The van der Waals surface area contributed by atoms with Crippen molar-refractivity contribution in [3.8, 4) is 0 Å². The smallest absolute Gasteiger partial charge is 0.234 e. The Bertz CT molecular complexity index is 1160. The van der Waals surface area contributed by atoms with Gasteiger partial charge >= 0.3 is 0 Å². The molecule has 4 aromatic rings. The van der Waals surface area contributed by atoms with Gasteiger partial charge in [-0.15, -0.1) is 5.10 Å². The van der Waals surface area contributed by atoms with Crippen LogP contribution >= 0.6 is 23.4 Å². The Labute approximate surface area is 176 Å². The average molecular weight is 425 g/mol. The van der Waals surface area contributed by atoms with E-state index >= 15 is 0 Å². The van der Waals surface area contributed by atoms with Crippen molar-refractivity contribution in [2.45, 2.75) is 18.5 Å². The number of carbonyl (C=O) groups is 1. The lowest BCUT2D eigenvalue weighted by atomic mass is 10.2. The number of benzene rings is 2. The second-order valence-corrected chi connectivity index (χ2v) is 7.76. The van der Waals surface area contributed by atoms with E-state index in [2.05, 4.69) is 25.6 Å². The van der Waals surface area contributed by atoms with E-state index < -0.39 is 0 Å². The van der Waals surface area contributed by atoms with Crippen LogP contribution in [0.25, 0.3) is 11.2 Å². The van der Waals surface area contributed by atoms with E-state index in [0.717, 1.165) is 11.1 Å². The number of carbonyl (C=O) groups excluding carboxylic acids is 1. The van der Waals surface area contributed by atoms with E-state index in [9.17, 15) is 4.79 Å². The quantitative estimate of drug-likeness (QED) is 0.372. The molecule has 0 aliphatic carbocycles. The zero-order valence-corrected chi connectivity index (χ0v) is 17.1. The topological polar surface area (TPSA) is 85.6 Å². The summed E-state index contributed by atoms with van der Waals surface area (Å²) in [5.41, 5.74) is 3.94. The molecule has 2 heterocycles. The summed E-state index contributed by atoms with van der Waals surface area (Å²) in [5, 5.41) is 12.5. The number of aromatic nitrogens is 5. The first-order valence-corrected chi connectivity index (χ1v) is 10.2. The molecule has 0 aliphatic heterocycles. The number of fused-ring (bicyclic) bond motifs is 1. The minimum Gasteiger partial charge on any atom is -0.325 e. The number of rotatable bonds is 6. The molecular weight excluding hydrogens is 408 g/mol. The highest BCUT2D eigenvalue weighted by Gasteiger charge is 2.14. The van der Waals surface area contributed by atoms with Crippen molar-refractivity contribution >= 4 is 46.1 Å². The van der Waals surface area contributed by atoms with Crippen molar-refractivity contribution in [1.29, 1.82) is 0 Å². The van der Waals surface area contributed by atoms with Gasteiger partial charge in [-0.3, -0.25) is 4.79 Å². The second kappa shape index (κ2) is 8.59. The Morgan fingerprint density at radius 1 is 1.17 bits per heavy atom. The summed E-state index contributed by atoms with van der Waals surface area (Å²) in [5.74, 6) is 0.0294. The van der Waals surface area contributed by atoms with Crippen molar-refractivity contribution in [3.05, 3.63) is 71.0 Å². The Morgan fingerprint density at radius 2 is 2.00 bits per heavy atom. The zero-order valence-electron chi connectivity index (χ0n) is 15.5. The molecule has 2 aromatic heterocycles. The fraction of sp³-hybridized carbons (Fsp3) is 0.150. The Morgan fingerprint density at radius 3 is 2.79 bits per heavy atom. The molecule has 146 valence electrons. The lowest BCUT2D eigenvalue weighted by molar-refractivity contribution is -0.113. The molecule has 0 fully saturated rings. The Balaban J connectivity index is 1.45. The third-order valence-electron chi connectivity index (χ3n) is 4.24. The Hall–Kier alpha value is -2.97. The van der Waals surface area contributed by atoms with E-state index in [1.807, 2.05) is 49.4 Å². The van der Waals surface area contributed by atoms with Gasteiger partial charge in [-0.2, -0.15) is 0 Å². The largest absolute Gasteiger partial charge is 0.325 e. The van der Waals surface area contributed by atoms with E-state index in [0.29, 0.717) is 33.4 Å². The number of hydrogen-bond donors (Lipinski definition) is 1. The fourth-order valence-corrected chi connectivity index (χ4v) is 3.65. The van der Waals surface area contributed by atoms with Crippen LogP contribution in [0.4, 0.5) is 5.69 Å². The number of nitrogens with one attached hydrogen (secondary N) is 1. The highest BCUT2D eigenvalue weighted by molar-refractivity contribution is 8.00. The van der Waals surface area contributed by atoms with Gasteiger partial charge in [0.1, 0.15) is 11.4 Å². The van der Waals surface area contributed by atoms with Crippen molar-refractivity contribution in [3.63, 3.8) is 0 Å². The van der Waals surface area contributed by atoms with Crippen molar-refractivity contribution in [2.75, 3.05) is 11.1 Å². The molecule has 0 aliphatic rings. The SMILES string of the molecule is Cc1ccc(NC(=O)CSc2ncnc3c2nnn3Cc2ccccc2)cc1Cl. The normalized spacial score (nSPS) is 11.0. The lowest BCUT2D eigenvalue weighted by Crippen LogP contribution is -2.14. The molecule has 0 saturated heterocycles. The van der Waals surface area contributed by atoms with Gasteiger partial charge in [0.15, 0.2) is 11.2 Å². The van der Waals surface area contributed by atoms with Crippen LogP contribution in [0.3, 0.4) is 0 Å². The number of nitrogens with zero attached hydrogens (tertiary/aromatic N) is 5. The minimum atomic E-state index is -0.154. The van der Waals surface area contributed by atoms with Gasteiger partial charge in [-0.1, -0.05) is 65.0 Å². The van der Waals surface area contributed by atoms with E-state index in [1.165, 1.54) is 18.1 Å². The van der Waals surface area contributed by atoms with Crippen molar-refractivity contribution < 1.29 is 4.79 Å². The first-order valence-electron chi connectivity index (χ1n) is 8.87. The van der Waals surface area contributed by atoms with Gasteiger partial charge in [-0.25, -0.2) is 14.6 Å². The van der Waals surface area contributed by atoms with Crippen LogP contribution in [-0.4, -0.2) is 36.6 Å². The second-order valence-electron chi connectivity index (χ2n) is 6.38. The maximum atomic E-state index is 12.3. The molecule has 0 spiro atoms. The molecule has 4 rings (SSSR count). The predicted molar refractivity (Wildman–Crippen MR) is 114 cm³/mol. The first-order chi connectivity index (χ1) is 14.1. The summed E-state index contributed by atoms with van der Waals surface area (Å²) in [6.07, 6.45) is 1.47. The molecule has 0 bridgehead atoms. The van der Waals surface area contributed by atoms with Crippen LogP contribution < -0.4 is 5.32 Å². The number of hydrogen-bond acceptors (Lipinski definition) is 6. The molecule has 0 saturated carbocycles. The van der Waals surface area contributed by atoms with Crippen LogP contribution in [0, 0.1) is 6.92 Å². The molecule has 2 aromatic carbocycles. The molecule has 9 heteroatoms. The van der Waals surface area contributed by atoms with E-state index in [1.54, 1.807) is 10.7 Å². The molecule has 1 amide bonds. The molecular formula is C20H17ClN6OS. The molecule has 0 unspecified atom stereocenters. The number of anilines is 1. The average Bonchev–Trinajstić information content (AvgIpc) is 3.13. The third kappa shape index (κ3) is 4.55. The number of thioether (sulfide) groups is 1. The maximum Gasteiger partial charge on any atom is 0.234 e. The molecule has 29 heavy (non-hydrogen) atoms. The number of amides is 1. The summed E-state index contributed by atoms with van der Waals surface area (Å²) in [4.78, 5) is 20.9. The molecule has 0 atom stereocenters. The van der Waals surface area contributed by atoms with E-state index in [-0.39, 0.29) is 11.7 Å². The van der Waals surface area contributed by atoms with Gasteiger partial charge in [-0.05, 0) is 30.2 Å². The van der Waals surface area contributed by atoms with Gasteiger partial charge in [0.05, 0.1) is 12.3 Å². The molecule has 1 N–H and O–H groups in total. The zero-order chi connectivity index (χ0) is 20.2. The predicted octanol–water partition coefficient (Wildman–Crippen LogP) is 3.96.